The number of nitrogens with zero attached hydrogens (tertiary/aromatic N) is 1. The van der Waals surface area contributed by atoms with Crippen molar-refractivity contribution in [2.24, 2.45) is 0 Å². The third kappa shape index (κ3) is 3.68. The van der Waals surface area contributed by atoms with Crippen LogP contribution in [0.3, 0.4) is 0 Å². The van der Waals surface area contributed by atoms with E-state index in [0.29, 0.717) is 19.0 Å². The Balaban J connectivity index is 1.93. The van der Waals surface area contributed by atoms with Gasteiger partial charge in [0.25, 0.3) is 0 Å². The Bertz CT molecular complexity index is 446. The fourth-order valence-electron chi connectivity index (χ4n) is 2.10. The second-order valence-corrected chi connectivity index (χ2v) is 5.81. The summed E-state index contributed by atoms with van der Waals surface area (Å²) in [6.45, 7) is 7.88. The van der Waals surface area contributed by atoms with Gasteiger partial charge < -0.3 is 14.6 Å². The number of hydrogen-bond acceptors (Lipinski definition) is 5. The van der Waals surface area contributed by atoms with Crippen molar-refractivity contribution in [2.75, 3.05) is 32.8 Å². The molecular weight excluding hydrogens is 266 g/mol. The van der Waals surface area contributed by atoms with E-state index in [4.69, 9.17) is 14.6 Å². The fourth-order valence-corrected chi connectivity index (χ4v) is 2.89. The first-order valence-electron chi connectivity index (χ1n) is 6.40. The minimum absolute atomic E-state index is 0.00977. The minimum atomic E-state index is -0.937. The van der Waals surface area contributed by atoms with E-state index < -0.39 is 5.97 Å². The lowest BCUT2D eigenvalue weighted by molar-refractivity contribution is -0.0464. The van der Waals surface area contributed by atoms with Crippen LogP contribution in [-0.2, 0) is 4.74 Å². The van der Waals surface area contributed by atoms with Crippen LogP contribution in [0, 0.1) is 6.92 Å². The van der Waals surface area contributed by atoms with Gasteiger partial charge in [0.1, 0.15) is 18.5 Å². The zero-order chi connectivity index (χ0) is 13.8. The smallest absolute Gasteiger partial charge is 0.349 e. The topological polar surface area (TPSA) is 59.0 Å². The Morgan fingerprint density at radius 3 is 3.16 bits per heavy atom. The first-order chi connectivity index (χ1) is 9.10. The predicted molar refractivity (Wildman–Crippen MR) is 73.4 cm³/mol. The van der Waals surface area contributed by atoms with Gasteiger partial charge in [-0.2, -0.15) is 0 Å². The van der Waals surface area contributed by atoms with Gasteiger partial charge in [0.05, 0.1) is 6.61 Å². The summed E-state index contributed by atoms with van der Waals surface area (Å²) in [6.07, 6.45) is 0.00977. The van der Waals surface area contributed by atoms with E-state index in [0.717, 1.165) is 24.5 Å². The Morgan fingerprint density at radius 2 is 2.47 bits per heavy atom. The summed E-state index contributed by atoms with van der Waals surface area (Å²) in [5.41, 5.74) is 0. The molecule has 1 aliphatic rings. The van der Waals surface area contributed by atoms with Crippen LogP contribution in [0.25, 0.3) is 0 Å². The molecule has 1 aromatic rings. The highest BCUT2D eigenvalue weighted by atomic mass is 32.1. The van der Waals surface area contributed by atoms with Gasteiger partial charge in [-0.1, -0.05) is 6.92 Å². The Morgan fingerprint density at radius 1 is 1.68 bits per heavy atom. The van der Waals surface area contributed by atoms with Crippen LogP contribution >= 0.6 is 11.3 Å². The maximum atomic E-state index is 11.1. The van der Waals surface area contributed by atoms with Crippen LogP contribution in [-0.4, -0.2) is 54.9 Å². The van der Waals surface area contributed by atoms with Gasteiger partial charge in [0.2, 0.25) is 0 Å². The zero-order valence-corrected chi connectivity index (χ0v) is 12.0. The molecule has 2 rings (SSSR count). The molecule has 1 fully saturated rings. The van der Waals surface area contributed by atoms with Crippen LogP contribution in [0.1, 0.15) is 21.5 Å². The van der Waals surface area contributed by atoms with E-state index in [1.807, 2.05) is 6.92 Å². The lowest BCUT2D eigenvalue weighted by atomic mass is 10.3. The fraction of sp³-hybridized carbons (Fsp3) is 0.615. The number of hydrogen-bond donors (Lipinski definition) is 1. The molecule has 19 heavy (non-hydrogen) atoms. The number of likely N-dealkylation sites (N-methyl/N-ethyl adjacent to an activating group) is 1. The summed E-state index contributed by atoms with van der Waals surface area (Å²) in [6, 6.07) is 1.77. The van der Waals surface area contributed by atoms with E-state index in [1.54, 1.807) is 6.07 Å². The molecule has 0 spiro atoms. The monoisotopic (exact) mass is 285 g/mol. The number of ether oxygens (including phenoxy) is 2. The second kappa shape index (κ2) is 6.36. The third-order valence-corrected chi connectivity index (χ3v) is 4.13. The van der Waals surface area contributed by atoms with Crippen molar-refractivity contribution in [3.05, 3.63) is 15.8 Å². The molecule has 0 aromatic carbocycles. The van der Waals surface area contributed by atoms with Crippen molar-refractivity contribution >= 4 is 17.3 Å². The van der Waals surface area contributed by atoms with E-state index in [9.17, 15) is 4.79 Å². The number of carbonyl (C=O) groups is 1. The first-order valence-corrected chi connectivity index (χ1v) is 7.22. The van der Waals surface area contributed by atoms with Gasteiger partial charge in [-0.3, -0.25) is 4.90 Å². The average Bonchev–Trinajstić information content (AvgIpc) is 2.78. The highest BCUT2D eigenvalue weighted by Crippen LogP contribution is 2.29. The Labute approximate surface area is 116 Å². The molecule has 0 bridgehead atoms. The second-order valence-electron chi connectivity index (χ2n) is 4.55. The molecule has 1 unspecified atom stereocenters. The summed E-state index contributed by atoms with van der Waals surface area (Å²) < 4.78 is 11.3. The molecule has 0 radical (unpaired) electrons. The van der Waals surface area contributed by atoms with Crippen molar-refractivity contribution in [3.8, 4) is 5.75 Å². The van der Waals surface area contributed by atoms with Crippen LogP contribution < -0.4 is 4.74 Å². The number of aromatic carboxylic acids is 1. The van der Waals surface area contributed by atoms with Gasteiger partial charge >= 0.3 is 5.97 Å². The number of carboxylic acid groups (broad SMARTS) is 1. The number of rotatable bonds is 5. The third-order valence-electron chi connectivity index (χ3n) is 3.11. The molecule has 5 nitrogen and oxygen atoms in total. The average molecular weight is 285 g/mol. The summed E-state index contributed by atoms with van der Waals surface area (Å²) in [4.78, 5) is 14.6. The number of thiophene rings is 1. The van der Waals surface area contributed by atoms with Crippen molar-refractivity contribution in [2.45, 2.75) is 20.0 Å². The van der Waals surface area contributed by atoms with E-state index in [2.05, 4.69) is 11.8 Å². The predicted octanol–water partition coefficient (Wildman–Crippen LogP) is 1.85. The number of aryl methyl sites for hydroxylation is 1. The first kappa shape index (κ1) is 14.3. The van der Waals surface area contributed by atoms with Gasteiger partial charge in [-0.25, -0.2) is 4.79 Å². The summed E-state index contributed by atoms with van der Waals surface area (Å²) in [5, 5.41) is 9.09. The van der Waals surface area contributed by atoms with Crippen LogP contribution in [0.15, 0.2) is 6.07 Å². The molecule has 106 valence electrons. The van der Waals surface area contributed by atoms with Gasteiger partial charge in [-0.05, 0) is 19.5 Å². The van der Waals surface area contributed by atoms with Crippen LogP contribution in [0.5, 0.6) is 5.75 Å². The van der Waals surface area contributed by atoms with E-state index in [1.165, 1.54) is 11.3 Å². The standard InChI is InChI=1S/C13H19NO4S/c1-3-14-4-5-17-10(7-14)8-18-11-6-9(2)19-12(11)13(15)16/h6,10H,3-5,7-8H2,1-2H3,(H,15,16). The quantitative estimate of drug-likeness (QED) is 0.894. The molecule has 1 saturated heterocycles. The molecule has 1 aromatic heterocycles. The van der Waals surface area contributed by atoms with Crippen molar-refractivity contribution in [3.63, 3.8) is 0 Å². The summed E-state index contributed by atoms with van der Waals surface area (Å²) in [7, 11) is 0. The highest BCUT2D eigenvalue weighted by Gasteiger charge is 2.21. The summed E-state index contributed by atoms with van der Waals surface area (Å²) >= 11 is 1.24. The molecule has 0 amide bonds. The highest BCUT2D eigenvalue weighted by molar-refractivity contribution is 7.14. The van der Waals surface area contributed by atoms with E-state index in [-0.39, 0.29) is 11.0 Å². The lowest BCUT2D eigenvalue weighted by Gasteiger charge is -2.31. The van der Waals surface area contributed by atoms with Crippen molar-refractivity contribution in [1.29, 1.82) is 0 Å². The normalized spacial score (nSPS) is 20.4. The Kier molecular flexibility index (Phi) is 4.79. The molecule has 2 heterocycles. The molecule has 0 aliphatic carbocycles. The SMILES string of the molecule is CCN1CCOC(COc2cc(C)sc2C(=O)O)C1. The van der Waals surface area contributed by atoms with Crippen molar-refractivity contribution < 1.29 is 19.4 Å². The number of morpholine rings is 1. The lowest BCUT2D eigenvalue weighted by Crippen LogP contribution is -2.44. The van der Waals surface area contributed by atoms with Gasteiger partial charge in [0.15, 0.2) is 4.88 Å². The minimum Gasteiger partial charge on any atom is -0.489 e. The Hall–Kier alpha value is -1.11. The van der Waals surface area contributed by atoms with Gasteiger partial charge in [0, 0.05) is 18.0 Å². The molecule has 6 heteroatoms. The summed E-state index contributed by atoms with van der Waals surface area (Å²) in [5.74, 6) is -0.486. The van der Waals surface area contributed by atoms with Gasteiger partial charge in [-0.15, -0.1) is 11.3 Å². The molecular formula is C13H19NO4S. The molecule has 0 saturated carbocycles. The molecule has 1 aliphatic heterocycles. The molecule has 1 N–H and O–H groups in total. The number of carboxylic acids is 1. The zero-order valence-electron chi connectivity index (χ0n) is 11.2. The maximum Gasteiger partial charge on any atom is 0.349 e. The maximum absolute atomic E-state index is 11.1. The molecule has 1 atom stereocenters. The van der Waals surface area contributed by atoms with Crippen molar-refractivity contribution in [1.82, 2.24) is 4.90 Å². The van der Waals surface area contributed by atoms with Crippen LogP contribution in [0.4, 0.5) is 0 Å². The largest absolute Gasteiger partial charge is 0.489 e. The van der Waals surface area contributed by atoms with E-state index >= 15 is 0 Å². The van der Waals surface area contributed by atoms with Crippen LogP contribution in [0.2, 0.25) is 0 Å².